The van der Waals surface area contributed by atoms with Gasteiger partial charge < -0.3 is 4.98 Å². The third kappa shape index (κ3) is 2.23. The van der Waals surface area contributed by atoms with Crippen molar-refractivity contribution < 1.29 is 9.18 Å². The summed E-state index contributed by atoms with van der Waals surface area (Å²) in [5, 5.41) is 0.679. The van der Waals surface area contributed by atoms with Crippen LogP contribution in [0.15, 0.2) is 24.4 Å². The highest BCUT2D eigenvalue weighted by molar-refractivity contribution is 6.08. The van der Waals surface area contributed by atoms with Crippen LogP contribution in [0.1, 0.15) is 37.0 Å². The molecule has 2 aromatic rings. The Morgan fingerprint density at radius 1 is 1.47 bits per heavy atom. The Morgan fingerprint density at radius 3 is 2.94 bits per heavy atom. The summed E-state index contributed by atoms with van der Waals surface area (Å²) in [5.74, 6) is -0.236. The van der Waals surface area contributed by atoms with Crippen molar-refractivity contribution >= 4 is 16.7 Å². The molecule has 0 spiro atoms. The fourth-order valence-electron chi connectivity index (χ4n) is 2.13. The van der Waals surface area contributed by atoms with Crippen molar-refractivity contribution in [2.75, 3.05) is 0 Å². The number of hydrogen-bond donors (Lipinski definition) is 1. The molecule has 0 saturated heterocycles. The van der Waals surface area contributed by atoms with Crippen LogP contribution in [0.3, 0.4) is 0 Å². The minimum Gasteiger partial charge on any atom is -0.360 e. The molecule has 90 valence electrons. The molecule has 2 rings (SSSR count). The van der Waals surface area contributed by atoms with E-state index in [-0.39, 0.29) is 17.5 Å². The van der Waals surface area contributed by atoms with E-state index in [1.165, 1.54) is 12.1 Å². The second-order valence-electron chi connectivity index (χ2n) is 4.45. The van der Waals surface area contributed by atoms with Gasteiger partial charge in [0, 0.05) is 28.6 Å². The van der Waals surface area contributed by atoms with E-state index in [4.69, 9.17) is 0 Å². The Kier molecular flexibility index (Phi) is 3.27. The lowest BCUT2D eigenvalue weighted by molar-refractivity contribution is 0.0925. The first-order valence-corrected chi connectivity index (χ1v) is 5.94. The maximum atomic E-state index is 13.2. The Morgan fingerprint density at radius 2 is 2.24 bits per heavy atom. The van der Waals surface area contributed by atoms with Crippen molar-refractivity contribution in [1.29, 1.82) is 0 Å². The van der Waals surface area contributed by atoms with Gasteiger partial charge in [-0.1, -0.05) is 20.3 Å². The molecule has 1 atom stereocenters. The normalized spacial score (nSPS) is 12.9. The summed E-state index contributed by atoms with van der Waals surface area (Å²) in [6, 6.07) is 4.46. The third-order valence-corrected chi connectivity index (χ3v) is 3.08. The monoisotopic (exact) mass is 233 g/mol. The fourth-order valence-corrected chi connectivity index (χ4v) is 2.13. The zero-order chi connectivity index (χ0) is 12.4. The molecule has 0 amide bonds. The fraction of sp³-hybridized carbons (Fsp3) is 0.357. The second kappa shape index (κ2) is 4.70. The van der Waals surface area contributed by atoms with Gasteiger partial charge in [-0.15, -0.1) is 0 Å². The van der Waals surface area contributed by atoms with E-state index < -0.39 is 0 Å². The molecular formula is C14H16FNO. The Hall–Kier alpha value is -1.64. The standard InChI is InChI=1S/C14H16FNO/c1-3-4-9(2)14(17)12-8-16-13-6-5-10(15)7-11(12)13/h5-9,16H,3-4H2,1-2H3. The first-order chi connectivity index (χ1) is 8.13. The first-order valence-electron chi connectivity index (χ1n) is 5.94. The number of benzene rings is 1. The largest absolute Gasteiger partial charge is 0.360 e. The third-order valence-electron chi connectivity index (χ3n) is 3.08. The smallest absolute Gasteiger partial charge is 0.167 e. The lowest BCUT2D eigenvalue weighted by atomic mass is 9.95. The van der Waals surface area contributed by atoms with Crippen LogP contribution in [0, 0.1) is 11.7 Å². The lowest BCUT2D eigenvalue weighted by Gasteiger charge is -2.07. The van der Waals surface area contributed by atoms with Gasteiger partial charge in [-0.05, 0) is 24.6 Å². The van der Waals surface area contributed by atoms with E-state index in [0.717, 1.165) is 18.4 Å². The molecule has 0 aliphatic carbocycles. The van der Waals surface area contributed by atoms with Gasteiger partial charge in [0.25, 0.3) is 0 Å². The number of H-pyrrole nitrogens is 1. The Balaban J connectivity index is 2.41. The van der Waals surface area contributed by atoms with Crippen LogP contribution in [0.5, 0.6) is 0 Å². The highest BCUT2D eigenvalue weighted by atomic mass is 19.1. The number of ketones is 1. The number of aromatic nitrogens is 1. The Labute approximate surface area is 99.8 Å². The van der Waals surface area contributed by atoms with Gasteiger partial charge in [0.1, 0.15) is 5.82 Å². The molecule has 1 aromatic heterocycles. The summed E-state index contributed by atoms with van der Waals surface area (Å²) in [6.45, 7) is 3.97. The molecular weight excluding hydrogens is 217 g/mol. The molecule has 2 nitrogen and oxygen atoms in total. The van der Waals surface area contributed by atoms with Crippen LogP contribution in [0.25, 0.3) is 10.9 Å². The van der Waals surface area contributed by atoms with Crippen LogP contribution < -0.4 is 0 Å². The lowest BCUT2D eigenvalue weighted by Crippen LogP contribution is -2.10. The van der Waals surface area contributed by atoms with Crippen molar-refractivity contribution in [2.24, 2.45) is 5.92 Å². The van der Waals surface area contributed by atoms with Gasteiger partial charge in [0.15, 0.2) is 5.78 Å². The molecule has 0 aliphatic heterocycles. The maximum absolute atomic E-state index is 13.2. The summed E-state index contributed by atoms with van der Waals surface area (Å²) in [7, 11) is 0. The van der Waals surface area contributed by atoms with Crippen molar-refractivity contribution in [3.63, 3.8) is 0 Å². The van der Waals surface area contributed by atoms with Crippen LogP contribution in [0.4, 0.5) is 4.39 Å². The number of nitrogens with one attached hydrogen (secondary N) is 1. The summed E-state index contributed by atoms with van der Waals surface area (Å²) in [6.07, 6.45) is 3.52. The number of rotatable bonds is 4. The van der Waals surface area contributed by atoms with Gasteiger partial charge in [-0.3, -0.25) is 4.79 Å². The van der Waals surface area contributed by atoms with Crippen LogP contribution in [-0.4, -0.2) is 10.8 Å². The van der Waals surface area contributed by atoms with Gasteiger partial charge in [-0.25, -0.2) is 4.39 Å². The second-order valence-corrected chi connectivity index (χ2v) is 4.45. The number of fused-ring (bicyclic) bond motifs is 1. The summed E-state index contributed by atoms with van der Waals surface area (Å²) >= 11 is 0. The summed E-state index contributed by atoms with van der Waals surface area (Å²) in [4.78, 5) is 15.2. The molecule has 0 aliphatic rings. The predicted molar refractivity (Wildman–Crippen MR) is 66.7 cm³/mol. The molecule has 0 fully saturated rings. The molecule has 0 radical (unpaired) electrons. The highest BCUT2D eigenvalue weighted by Gasteiger charge is 2.18. The van der Waals surface area contributed by atoms with E-state index in [2.05, 4.69) is 11.9 Å². The van der Waals surface area contributed by atoms with E-state index in [1.54, 1.807) is 12.3 Å². The van der Waals surface area contributed by atoms with Gasteiger partial charge in [0.2, 0.25) is 0 Å². The van der Waals surface area contributed by atoms with E-state index in [1.807, 2.05) is 6.92 Å². The number of carbonyl (C=O) groups excluding carboxylic acids is 1. The molecule has 0 saturated carbocycles. The van der Waals surface area contributed by atoms with Crippen LogP contribution in [-0.2, 0) is 0 Å². The molecule has 1 heterocycles. The number of Topliss-reactive ketones (excluding diaryl/α,β-unsaturated/α-hetero) is 1. The zero-order valence-corrected chi connectivity index (χ0v) is 10.1. The SMILES string of the molecule is CCCC(C)C(=O)c1c[nH]c2ccc(F)cc12. The molecule has 0 bridgehead atoms. The highest BCUT2D eigenvalue weighted by Crippen LogP contribution is 2.23. The predicted octanol–water partition coefficient (Wildman–Crippen LogP) is 3.93. The first kappa shape index (κ1) is 11.8. The molecule has 3 heteroatoms. The minimum atomic E-state index is -0.311. The van der Waals surface area contributed by atoms with Gasteiger partial charge in [0.05, 0.1) is 0 Å². The molecule has 17 heavy (non-hydrogen) atoms. The van der Waals surface area contributed by atoms with Gasteiger partial charge in [-0.2, -0.15) is 0 Å². The number of halogens is 1. The summed E-state index contributed by atoms with van der Waals surface area (Å²) < 4.78 is 13.2. The number of aromatic amines is 1. The summed E-state index contributed by atoms with van der Waals surface area (Å²) in [5.41, 5.74) is 1.40. The van der Waals surface area contributed by atoms with Crippen LogP contribution in [0.2, 0.25) is 0 Å². The topological polar surface area (TPSA) is 32.9 Å². The number of hydrogen-bond acceptors (Lipinski definition) is 1. The van der Waals surface area contributed by atoms with Crippen molar-refractivity contribution in [3.8, 4) is 0 Å². The Bertz CT molecular complexity index is 544. The van der Waals surface area contributed by atoms with Gasteiger partial charge >= 0.3 is 0 Å². The molecule has 1 unspecified atom stereocenters. The van der Waals surface area contributed by atoms with E-state index in [0.29, 0.717) is 10.9 Å². The minimum absolute atomic E-state index is 0.0118. The van der Waals surface area contributed by atoms with Crippen molar-refractivity contribution in [1.82, 2.24) is 4.98 Å². The van der Waals surface area contributed by atoms with Crippen molar-refractivity contribution in [2.45, 2.75) is 26.7 Å². The van der Waals surface area contributed by atoms with E-state index >= 15 is 0 Å². The van der Waals surface area contributed by atoms with Crippen LogP contribution >= 0.6 is 0 Å². The average Bonchev–Trinajstić information content (AvgIpc) is 2.71. The average molecular weight is 233 g/mol. The maximum Gasteiger partial charge on any atom is 0.167 e. The molecule has 1 N–H and O–H groups in total. The van der Waals surface area contributed by atoms with Crippen molar-refractivity contribution in [3.05, 3.63) is 35.8 Å². The zero-order valence-electron chi connectivity index (χ0n) is 10.1. The van der Waals surface area contributed by atoms with E-state index in [9.17, 15) is 9.18 Å². The number of carbonyl (C=O) groups is 1. The quantitative estimate of drug-likeness (QED) is 0.797. The molecule has 1 aromatic carbocycles.